The Morgan fingerprint density at radius 1 is 0.867 bits per heavy atom. The van der Waals surface area contributed by atoms with Crippen molar-refractivity contribution in [2.24, 2.45) is 0 Å². The van der Waals surface area contributed by atoms with Gasteiger partial charge in [0.25, 0.3) is 0 Å². The van der Waals surface area contributed by atoms with E-state index >= 15 is 0 Å². The highest BCUT2D eigenvalue weighted by Gasteiger charge is 2.34. The van der Waals surface area contributed by atoms with Gasteiger partial charge in [-0.05, 0) is 26.7 Å². The minimum absolute atomic E-state index is 0.188. The van der Waals surface area contributed by atoms with Crippen LogP contribution in [-0.2, 0) is 23.9 Å². The standard InChI is InChI=1S/C22H35BrO7/c1-15(2)21(27)29-18(14-24)20(30-22(28)16(3)4)17(23)12-10-8-6-5-7-9-11-13-19(25)26/h17-18,20,24H,1,3,5-14H2,2,4H3,(H,25,26). The first-order chi connectivity index (χ1) is 14.1. The molecule has 0 spiro atoms. The SMILES string of the molecule is C=C(C)C(=O)OC(CO)C(OC(=O)C(=C)C)C(Br)CCCCCCCCCC(=O)O. The van der Waals surface area contributed by atoms with Crippen molar-refractivity contribution in [2.45, 2.75) is 88.7 Å². The highest BCUT2D eigenvalue weighted by atomic mass is 79.9. The first-order valence-electron chi connectivity index (χ1n) is 10.3. The lowest BCUT2D eigenvalue weighted by Crippen LogP contribution is -2.43. The van der Waals surface area contributed by atoms with Crippen LogP contribution in [-0.4, -0.2) is 51.8 Å². The van der Waals surface area contributed by atoms with Crippen LogP contribution in [0.3, 0.4) is 0 Å². The molecule has 0 rings (SSSR count). The molecule has 3 unspecified atom stereocenters. The van der Waals surface area contributed by atoms with Gasteiger partial charge in [0.15, 0.2) is 12.2 Å². The number of rotatable bonds is 17. The number of aliphatic carboxylic acids is 1. The summed E-state index contributed by atoms with van der Waals surface area (Å²) in [5.74, 6) is -2.03. The zero-order valence-corrected chi connectivity index (χ0v) is 19.6. The molecule has 0 amide bonds. The van der Waals surface area contributed by atoms with Gasteiger partial charge in [0.05, 0.1) is 11.4 Å². The van der Waals surface area contributed by atoms with E-state index in [0.29, 0.717) is 12.8 Å². The fourth-order valence-electron chi connectivity index (χ4n) is 2.72. The van der Waals surface area contributed by atoms with Gasteiger partial charge in [-0.2, -0.15) is 0 Å². The third kappa shape index (κ3) is 12.8. The lowest BCUT2D eigenvalue weighted by atomic mass is 10.0. The van der Waals surface area contributed by atoms with Gasteiger partial charge >= 0.3 is 17.9 Å². The van der Waals surface area contributed by atoms with Gasteiger partial charge in [0.1, 0.15) is 0 Å². The Balaban J connectivity index is 4.58. The van der Waals surface area contributed by atoms with E-state index in [2.05, 4.69) is 29.1 Å². The summed E-state index contributed by atoms with van der Waals surface area (Å²) in [6.45, 7) is 9.61. The first kappa shape index (κ1) is 28.3. The van der Waals surface area contributed by atoms with Crippen LogP contribution in [0.2, 0.25) is 0 Å². The number of unbranched alkanes of at least 4 members (excludes halogenated alkanes) is 6. The average molecular weight is 491 g/mol. The maximum absolute atomic E-state index is 12.0. The number of carbonyl (C=O) groups is 3. The van der Waals surface area contributed by atoms with Crippen molar-refractivity contribution in [2.75, 3.05) is 6.61 Å². The normalized spacial score (nSPS) is 13.7. The molecule has 30 heavy (non-hydrogen) atoms. The second-order valence-corrected chi connectivity index (χ2v) is 8.66. The predicted octanol–water partition coefficient (Wildman–Crippen LogP) is 4.31. The minimum Gasteiger partial charge on any atom is -0.481 e. The van der Waals surface area contributed by atoms with E-state index in [9.17, 15) is 19.5 Å². The van der Waals surface area contributed by atoms with E-state index in [-0.39, 0.29) is 22.4 Å². The second-order valence-electron chi connectivity index (χ2n) is 7.48. The van der Waals surface area contributed by atoms with Crippen molar-refractivity contribution in [3.8, 4) is 0 Å². The number of carboxylic acids is 1. The Morgan fingerprint density at radius 2 is 1.33 bits per heavy atom. The fourth-order valence-corrected chi connectivity index (χ4v) is 3.49. The largest absolute Gasteiger partial charge is 0.481 e. The van der Waals surface area contributed by atoms with Crippen LogP contribution < -0.4 is 0 Å². The average Bonchev–Trinajstić information content (AvgIpc) is 2.68. The van der Waals surface area contributed by atoms with Gasteiger partial charge in [0, 0.05) is 17.6 Å². The highest BCUT2D eigenvalue weighted by Crippen LogP contribution is 2.24. The third-order valence-electron chi connectivity index (χ3n) is 4.47. The van der Waals surface area contributed by atoms with Crippen LogP contribution in [0.25, 0.3) is 0 Å². The Hall–Kier alpha value is -1.67. The smallest absolute Gasteiger partial charge is 0.333 e. The van der Waals surface area contributed by atoms with Gasteiger partial charge in [-0.1, -0.05) is 67.6 Å². The number of carboxylic acid groups (broad SMARTS) is 1. The maximum atomic E-state index is 12.0. The summed E-state index contributed by atoms with van der Waals surface area (Å²) in [5.41, 5.74) is 0.401. The van der Waals surface area contributed by atoms with Crippen LogP contribution in [0.1, 0.15) is 71.6 Å². The molecule has 0 aromatic rings. The quantitative estimate of drug-likeness (QED) is 0.135. The molecule has 0 aliphatic heterocycles. The van der Waals surface area contributed by atoms with Gasteiger partial charge < -0.3 is 19.7 Å². The summed E-state index contributed by atoms with van der Waals surface area (Å²) < 4.78 is 10.7. The molecule has 0 fully saturated rings. The van der Waals surface area contributed by atoms with Crippen LogP contribution >= 0.6 is 15.9 Å². The number of hydrogen-bond acceptors (Lipinski definition) is 6. The number of halogens is 1. The van der Waals surface area contributed by atoms with Crippen LogP contribution in [0.4, 0.5) is 0 Å². The summed E-state index contributed by atoms with van der Waals surface area (Å²) in [7, 11) is 0. The van der Waals surface area contributed by atoms with Crippen molar-refractivity contribution in [3.05, 3.63) is 24.3 Å². The van der Waals surface area contributed by atoms with Crippen LogP contribution in [0.5, 0.6) is 0 Å². The molecule has 3 atom stereocenters. The van der Waals surface area contributed by atoms with Gasteiger partial charge in [0.2, 0.25) is 0 Å². The molecule has 0 aliphatic rings. The van der Waals surface area contributed by atoms with Crippen molar-refractivity contribution in [1.82, 2.24) is 0 Å². The van der Waals surface area contributed by atoms with E-state index in [0.717, 1.165) is 38.5 Å². The Kier molecular flexibility index (Phi) is 15.2. The number of ether oxygens (including phenoxy) is 2. The number of aliphatic hydroxyl groups is 1. The molecule has 172 valence electrons. The Labute approximate surface area is 187 Å². The number of alkyl halides is 1. The van der Waals surface area contributed by atoms with Gasteiger partial charge in [-0.3, -0.25) is 4.79 Å². The highest BCUT2D eigenvalue weighted by molar-refractivity contribution is 9.09. The summed E-state index contributed by atoms with van der Waals surface area (Å²) in [6, 6.07) is 0. The second kappa shape index (κ2) is 16.1. The maximum Gasteiger partial charge on any atom is 0.333 e. The zero-order valence-electron chi connectivity index (χ0n) is 18.0. The van der Waals surface area contributed by atoms with E-state index < -0.39 is 36.7 Å². The molecule has 0 aromatic carbocycles. The predicted molar refractivity (Wildman–Crippen MR) is 118 cm³/mol. The Bertz CT molecular complexity index is 588. The summed E-state index contributed by atoms with van der Waals surface area (Å²) in [4.78, 5) is 34.0. The monoisotopic (exact) mass is 490 g/mol. The number of esters is 2. The summed E-state index contributed by atoms with van der Waals surface area (Å²) >= 11 is 3.52. The fraction of sp³-hybridized carbons (Fsp3) is 0.682. The van der Waals surface area contributed by atoms with Crippen molar-refractivity contribution < 1.29 is 34.1 Å². The van der Waals surface area contributed by atoms with Crippen LogP contribution in [0.15, 0.2) is 24.3 Å². The lowest BCUT2D eigenvalue weighted by molar-refractivity contribution is -0.165. The van der Waals surface area contributed by atoms with Crippen molar-refractivity contribution in [1.29, 1.82) is 0 Å². The molecular weight excluding hydrogens is 456 g/mol. The molecule has 0 bridgehead atoms. The first-order valence-corrected chi connectivity index (χ1v) is 11.2. The lowest BCUT2D eigenvalue weighted by Gasteiger charge is -2.29. The van der Waals surface area contributed by atoms with Gasteiger partial charge in [-0.25, -0.2) is 9.59 Å². The number of carbonyl (C=O) groups excluding carboxylic acids is 2. The van der Waals surface area contributed by atoms with E-state index in [1.807, 2.05) is 0 Å². The van der Waals surface area contributed by atoms with E-state index in [1.165, 1.54) is 13.8 Å². The minimum atomic E-state index is -1.02. The molecule has 8 heteroatoms. The third-order valence-corrected chi connectivity index (χ3v) is 5.45. The molecule has 0 heterocycles. The van der Waals surface area contributed by atoms with Crippen molar-refractivity contribution >= 4 is 33.8 Å². The Morgan fingerprint density at radius 3 is 1.80 bits per heavy atom. The molecule has 0 saturated heterocycles. The van der Waals surface area contributed by atoms with Crippen molar-refractivity contribution in [3.63, 3.8) is 0 Å². The molecule has 0 radical (unpaired) electrons. The number of aliphatic hydroxyl groups excluding tert-OH is 1. The number of hydrogen-bond donors (Lipinski definition) is 2. The summed E-state index contributed by atoms with van der Waals surface area (Å²) in [5, 5.41) is 18.3. The molecule has 0 aromatic heterocycles. The molecule has 7 nitrogen and oxygen atoms in total. The molecule has 0 aliphatic carbocycles. The topological polar surface area (TPSA) is 110 Å². The van der Waals surface area contributed by atoms with E-state index in [4.69, 9.17) is 14.6 Å². The summed E-state index contributed by atoms with van der Waals surface area (Å²) in [6.07, 6.45) is 5.52. The molecule has 0 saturated carbocycles. The van der Waals surface area contributed by atoms with Crippen LogP contribution in [0, 0.1) is 0 Å². The molecule has 2 N–H and O–H groups in total. The zero-order chi connectivity index (χ0) is 23.1. The van der Waals surface area contributed by atoms with E-state index in [1.54, 1.807) is 0 Å². The molecular formula is C22H35BrO7. The van der Waals surface area contributed by atoms with Gasteiger partial charge in [-0.15, -0.1) is 0 Å².